The summed E-state index contributed by atoms with van der Waals surface area (Å²) in [5.74, 6) is 2.83. The van der Waals surface area contributed by atoms with Gasteiger partial charge in [-0.05, 0) is 50.0 Å². The average molecular weight is 396 g/mol. The zero-order valence-corrected chi connectivity index (χ0v) is 17.2. The fraction of sp³-hybridized carbons (Fsp3) is 0.476. The van der Waals surface area contributed by atoms with Gasteiger partial charge in [0, 0.05) is 25.8 Å². The minimum atomic E-state index is 0.355. The number of fused-ring (bicyclic) bond motifs is 1. The number of rotatable bonds is 7. The van der Waals surface area contributed by atoms with Crippen LogP contribution in [0.5, 0.6) is 5.75 Å². The largest absolute Gasteiger partial charge is 0.497 e. The molecule has 154 valence electrons. The molecule has 1 aliphatic rings. The third-order valence-corrected chi connectivity index (χ3v) is 5.61. The molecule has 0 radical (unpaired) electrons. The Morgan fingerprint density at radius 2 is 2.03 bits per heavy atom. The van der Waals surface area contributed by atoms with Crippen LogP contribution in [0.3, 0.4) is 0 Å². The molecule has 3 aromatic rings. The molecular weight excluding hydrogens is 368 g/mol. The molecule has 0 aliphatic carbocycles. The molecule has 1 fully saturated rings. The van der Waals surface area contributed by atoms with Crippen molar-refractivity contribution in [3.63, 3.8) is 0 Å². The number of piperidine rings is 1. The van der Waals surface area contributed by atoms with Crippen LogP contribution in [0.1, 0.15) is 30.1 Å². The van der Waals surface area contributed by atoms with Crippen LogP contribution >= 0.6 is 0 Å². The second-order valence-corrected chi connectivity index (χ2v) is 7.52. The Kier molecular flexibility index (Phi) is 5.92. The molecule has 4 rings (SSSR count). The van der Waals surface area contributed by atoms with E-state index in [1.165, 1.54) is 24.7 Å². The maximum atomic E-state index is 5.32. The SMILES string of the molecule is COCc1cc(NCC2CCCN(C)C2c2ccc(OC)cc2)n2ncnc2n1. The van der Waals surface area contributed by atoms with Gasteiger partial charge in [0.05, 0.1) is 19.4 Å². The highest BCUT2D eigenvalue weighted by atomic mass is 16.5. The predicted molar refractivity (Wildman–Crippen MR) is 111 cm³/mol. The molecule has 0 spiro atoms. The molecule has 0 amide bonds. The number of nitrogens with zero attached hydrogens (tertiary/aromatic N) is 5. The standard InChI is InChI=1S/C21H28N6O2/c1-26-10-4-5-16(20(26)15-6-8-18(29-3)9-7-15)12-22-19-11-17(13-28-2)25-21-23-14-24-27(19)21/h6-9,11,14,16,20,22H,4-5,10,12-13H2,1-3H3. The van der Waals surface area contributed by atoms with E-state index in [-0.39, 0.29) is 0 Å². The van der Waals surface area contributed by atoms with E-state index in [2.05, 4.69) is 44.5 Å². The van der Waals surface area contributed by atoms with Gasteiger partial charge in [-0.3, -0.25) is 4.90 Å². The van der Waals surface area contributed by atoms with E-state index >= 15 is 0 Å². The lowest BCUT2D eigenvalue weighted by Crippen LogP contribution is -2.39. The first-order valence-corrected chi connectivity index (χ1v) is 9.96. The molecule has 2 atom stereocenters. The van der Waals surface area contributed by atoms with Gasteiger partial charge < -0.3 is 14.8 Å². The second-order valence-electron chi connectivity index (χ2n) is 7.52. The quantitative estimate of drug-likeness (QED) is 0.658. The maximum Gasteiger partial charge on any atom is 0.254 e. The summed E-state index contributed by atoms with van der Waals surface area (Å²) in [6.07, 6.45) is 3.89. The lowest BCUT2D eigenvalue weighted by Gasteiger charge is -2.40. The Balaban J connectivity index is 1.55. The van der Waals surface area contributed by atoms with Crippen molar-refractivity contribution in [1.82, 2.24) is 24.5 Å². The fourth-order valence-corrected chi connectivity index (χ4v) is 4.25. The van der Waals surface area contributed by atoms with Crippen LogP contribution in [0, 0.1) is 5.92 Å². The van der Waals surface area contributed by atoms with Crippen molar-refractivity contribution in [2.75, 3.05) is 39.7 Å². The summed E-state index contributed by atoms with van der Waals surface area (Å²) in [6.45, 7) is 2.39. The summed E-state index contributed by atoms with van der Waals surface area (Å²) < 4.78 is 12.3. The topological polar surface area (TPSA) is 76.8 Å². The van der Waals surface area contributed by atoms with Gasteiger partial charge in [0.2, 0.25) is 0 Å². The zero-order valence-electron chi connectivity index (χ0n) is 17.2. The third-order valence-electron chi connectivity index (χ3n) is 5.61. The van der Waals surface area contributed by atoms with Crippen LogP contribution in [0.25, 0.3) is 5.78 Å². The molecular formula is C21H28N6O2. The van der Waals surface area contributed by atoms with E-state index in [0.29, 0.717) is 24.3 Å². The summed E-state index contributed by atoms with van der Waals surface area (Å²) in [5, 5.41) is 7.91. The maximum absolute atomic E-state index is 5.32. The smallest absolute Gasteiger partial charge is 0.254 e. The second kappa shape index (κ2) is 8.75. The molecule has 29 heavy (non-hydrogen) atoms. The van der Waals surface area contributed by atoms with Crippen molar-refractivity contribution in [3.05, 3.63) is 47.9 Å². The minimum absolute atomic E-state index is 0.355. The van der Waals surface area contributed by atoms with Gasteiger partial charge in [-0.25, -0.2) is 4.98 Å². The molecule has 1 N–H and O–H groups in total. The van der Waals surface area contributed by atoms with Crippen molar-refractivity contribution in [3.8, 4) is 5.75 Å². The van der Waals surface area contributed by atoms with Crippen molar-refractivity contribution in [2.24, 2.45) is 5.92 Å². The first-order valence-electron chi connectivity index (χ1n) is 9.96. The van der Waals surface area contributed by atoms with Crippen LogP contribution in [-0.4, -0.2) is 58.8 Å². The van der Waals surface area contributed by atoms with Crippen molar-refractivity contribution < 1.29 is 9.47 Å². The molecule has 1 saturated heterocycles. The fourth-order valence-electron chi connectivity index (χ4n) is 4.25. The Labute approximate surface area is 170 Å². The van der Waals surface area contributed by atoms with Gasteiger partial charge in [-0.2, -0.15) is 14.6 Å². The van der Waals surface area contributed by atoms with Gasteiger partial charge >= 0.3 is 0 Å². The van der Waals surface area contributed by atoms with E-state index in [4.69, 9.17) is 9.47 Å². The summed E-state index contributed by atoms with van der Waals surface area (Å²) >= 11 is 0. The number of ether oxygens (including phenoxy) is 2. The van der Waals surface area contributed by atoms with Crippen molar-refractivity contribution in [2.45, 2.75) is 25.5 Å². The molecule has 1 aromatic carbocycles. The van der Waals surface area contributed by atoms with E-state index in [1.807, 2.05) is 18.2 Å². The lowest BCUT2D eigenvalue weighted by atomic mass is 9.85. The highest BCUT2D eigenvalue weighted by molar-refractivity contribution is 5.45. The van der Waals surface area contributed by atoms with Gasteiger partial charge in [0.15, 0.2) is 0 Å². The number of hydrogen-bond acceptors (Lipinski definition) is 7. The van der Waals surface area contributed by atoms with Crippen LogP contribution in [0.4, 0.5) is 5.82 Å². The normalized spacial score (nSPS) is 20.1. The Morgan fingerprint density at radius 3 is 2.79 bits per heavy atom. The summed E-state index contributed by atoms with van der Waals surface area (Å²) in [4.78, 5) is 11.2. The summed E-state index contributed by atoms with van der Waals surface area (Å²) in [5.41, 5.74) is 2.16. The molecule has 0 saturated carbocycles. The van der Waals surface area contributed by atoms with Crippen molar-refractivity contribution >= 4 is 11.6 Å². The van der Waals surface area contributed by atoms with Crippen LogP contribution in [-0.2, 0) is 11.3 Å². The number of anilines is 1. The highest BCUT2D eigenvalue weighted by Gasteiger charge is 2.30. The number of benzene rings is 1. The number of nitrogens with one attached hydrogen (secondary N) is 1. The zero-order chi connectivity index (χ0) is 20.2. The molecule has 8 nitrogen and oxygen atoms in total. The number of likely N-dealkylation sites (tertiary alicyclic amines) is 1. The Hall–Kier alpha value is -2.71. The number of methoxy groups -OCH3 is 2. The predicted octanol–water partition coefficient (Wildman–Crippen LogP) is 2.77. The summed E-state index contributed by atoms with van der Waals surface area (Å²) in [6, 6.07) is 10.8. The molecule has 8 heteroatoms. The highest BCUT2D eigenvalue weighted by Crippen LogP contribution is 2.35. The minimum Gasteiger partial charge on any atom is -0.497 e. The first kappa shape index (κ1) is 19.6. The Bertz CT molecular complexity index is 942. The molecule has 0 bridgehead atoms. The molecule has 2 aromatic heterocycles. The monoisotopic (exact) mass is 396 g/mol. The van der Waals surface area contributed by atoms with Gasteiger partial charge in [-0.15, -0.1) is 0 Å². The molecule has 3 heterocycles. The van der Waals surface area contributed by atoms with Crippen LogP contribution in [0.2, 0.25) is 0 Å². The van der Waals surface area contributed by atoms with Gasteiger partial charge in [0.25, 0.3) is 5.78 Å². The number of aromatic nitrogens is 4. The molecule has 2 unspecified atom stereocenters. The summed E-state index contributed by atoms with van der Waals surface area (Å²) in [7, 11) is 5.58. The van der Waals surface area contributed by atoms with Gasteiger partial charge in [-0.1, -0.05) is 12.1 Å². The van der Waals surface area contributed by atoms with Crippen LogP contribution in [0.15, 0.2) is 36.7 Å². The first-order chi connectivity index (χ1) is 14.2. The van der Waals surface area contributed by atoms with E-state index in [9.17, 15) is 0 Å². The number of hydrogen-bond donors (Lipinski definition) is 1. The van der Waals surface area contributed by atoms with Crippen LogP contribution < -0.4 is 10.1 Å². The lowest BCUT2D eigenvalue weighted by molar-refractivity contribution is 0.127. The van der Waals surface area contributed by atoms with Gasteiger partial charge in [0.1, 0.15) is 17.9 Å². The van der Waals surface area contributed by atoms with E-state index < -0.39 is 0 Å². The average Bonchev–Trinajstić information content (AvgIpc) is 3.21. The van der Waals surface area contributed by atoms with E-state index in [1.54, 1.807) is 18.7 Å². The molecule has 1 aliphatic heterocycles. The van der Waals surface area contributed by atoms with E-state index in [0.717, 1.165) is 30.4 Å². The third kappa shape index (κ3) is 4.18. The Morgan fingerprint density at radius 1 is 1.21 bits per heavy atom. The van der Waals surface area contributed by atoms with Crippen molar-refractivity contribution in [1.29, 1.82) is 0 Å².